The summed E-state index contributed by atoms with van der Waals surface area (Å²) in [5.74, 6) is 0.948. The third-order valence-electron chi connectivity index (χ3n) is 3.64. The van der Waals surface area contributed by atoms with Gasteiger partial charge in [0.15, 0.2) is 0 Å². The van der Waals surface area contributed by atoms with Crippen LogP contribution in [0.3, 0.4) is 0 Å². The van der Waals surface area contributed by atoms with Gasteiger partial charge in [-0.2, -0.15) is 0 Å². The highest BCUT2D eigenvalue weighted by Crippen LogP contribution is 2.18. The van der Waals surface area contributed by atoms with Gasteiger partial charge in [0.2, 0.25) is 10.0 Å². The van der Waals surface area contributed by atoms with Gasteiger partial charge in [-0.25, -0.2) is 13.1 Å². The molecule has 1 atom stereocenters. The van der Waals surface area contributed by atoms with E-state index in [2.05, 4.69) is 4.72 Å². The fraction of sp³-hybridized carbons (Fsp3) is 0.412. The molecule has 2 aromatic rings. The van der Waals surface area contributed by atoms with E-state index < -0.39 is 15.6 Å². The molecule has 0 amide bonds. The molecule has 1 unspecified atom stereocenters. The number of benzene rings is 1. The third-order valence-corrected chi connectivity index (χ3v) is 5.05. The van der Waals surface area contributed by atoms with Crippen LogP contribution in [-0.2, 0) is 16.4 Å². The van der Waals surface area contributed by atoms with Crippen LogP contribution in [0.1, 0.15) is 38.0 Å². The molecule has 1 heterocycles. The van der Waals surface area contributed by atoms with E-state index >= 15 is 0 Å². The van der Waals surface area contributed by atoms with Crippen molar-refractivity contribution < 1.29 is 17.9 Å². The highest BCUT2D eigenvalue weighted by atomic mass is 32.2. The maximum absolute atomic E-state index is 12.3. The first kappa shape index (κ1) is 17.7. The van der Waals surface area contributed by atoms with Crippen LogP contribution >= 0.6 is 0 Å². The summed E-state index contributed by atoms with van der Waals surface area (Å²) in [5.41, 5.74) is -0.156. The van der Waals surface area contributed by atoms with Gasteiger partial charge in [-0.1, -0.05) is 26.0 Å². The minimum absolute atomic E-state index is 0.0953. The molecule has 0 saturated heterocycles. The number of rotatable bonds is 7. The van der Waals surface area contributed by atoms with Crippen molar-refractivity contribution in [2.45, 2.75) is 43.6 Å². The third kappa shape index (κ3) is 4.92. The van der Waals surface area contributed by atoms with Gasteiger partial charge in [0.05, 0.1) is 16.8 Å². The quantitative estimate of drug-likeness (QED) is 0.814. The Morgan fingerprint density at radius 1 is 1.22 bits per heavy atom. The minimum Gasteiger partial charge on any atom is -0.469 e. The van der Waals surface area contributed by atoms with Gasteiger partial charge >= 0.3 is 0 Å². The van der Waals surface area contributed by atoms with Crippen molar-refractivity contribution >= 4 is 10.0 Å². The van der Waals surface area contributed by atoms with E-state index in [0.717, 1.165) is 5.56 Å². The molecule has 6 heteroatoms. The van der Waals surface area contributed by atoms with Crippen LogP contribution in [0.15, 0.2) is 52.0 Å². The number of furan rings is 1. The van der Waals surface area contributed by atoms with Gasteiger partial charge < -0.3 is 9.52 Å². The molecule has 0 radical (unpaired) electrons. The van der Waals surface area contributed by atoms with Gasteiger partial charge in [0.25, 0.3) is 0 Å². The summed E-state index contributed by atoms with van der Waals surface area (Å²) < 4.78 is 32.3. The molecule has 0 bridgehead atoms. The smallest absolute Gasteiger partial charge is 0.240 e. The van der Waals surface area contributed by atoms with Crippen LogP contribution in [0, 0.1) is 0 Å². The van der Waals surface area contributed by atoms with Crippen LogP contribution in [0.4, 0.5) is 0 Å². The number of nitrogens with one attached hydrogen (secondary N) is 1. The molecule has 0 saturated carbocycles. The molecule has 0 fully saturated rings. The lowest BCUT2D eigenvalue weighted by Crippen LogP contribution is -2.42. The Labute approximate surface area is 137 Å². The molecular formula is C17H23NO4S. The van der Waals surface area contributed by atoms with E-state index in [4.69, 9.17) is 4.42 Å². The van der Waals surface area contributed by atoms with Gasteiger partial charge in [-0.3, -0.25) is 0 Å². The zero-order valence-corrected chi connectivity index (χ0v) is 14.4. The van der Waals surface area contributed by atoms with Crippen molar-refractivity contribution in [3.05, 3.63) is 54.0 Å². The summed E-state index contributed by atoms with van der Waals surface area (Å²) in [6, 6.07) is 10.2. The Bertz CT molecular complexity index is 716. The molecule has 0 spiro atoms. The first-order chi connectivity index (χ1) is 10.7. The number of hydrogen-bond acceptors (Lipinski definition) is 4. The average molecular weight is 337 g/mol. The van der Waals surface area contributed by atoms with E-state index in [9.17, 15) is 13.5 Å². The topological polar surface area (TPSA) is 79.5 Å². The van der Waals surface area contributed by atoms with Crippen molar-refractivity contribution in [2.24, 2.45) is 0 Å². The predicted octanol–water partition coefficient (Wildman–Crippen LogP) is 2.68. The second-order valence-corrected chi connectivity index (χ2v) is 8.07. The molecule has 0 aliphatic rings. The van der Waals surface area contributed by atoms with E-state index in [1.807, 2.05) is 13.8 Å². The molecule has 126 valence electrons. The average Bonchev–Trinajstić information content (AvgIpc) is 2.98. The SMILES string of the molecule is CC(C)c1ccc(S(=O)(=O)NCC(C)(O)Cc2ccco2)cc1. The fourth-order valence-electron chi connectivity index (χ4n) is 2.22. The molecule has 0 aliphatic heterocycles. The molecule has 1 aromatic carbocycles. The lowest BCUT2D eigenvalue weighted by molar-refractivity contribution is 0.0603. The van der Waals surface area contributed by atoms with Crippen molar-refractivity contribution in [2.75, 3.05) is 6.54 Å². The lowest BCUT2D eigenvalue weighted by atomic mass is 10.0. The first-order valence-corrected chi connectivity index (χ1v) is 9.02. The van der Waals surface area contributed by atoms with Crippen LogP contribution in [0.2, 0.25) is 0 Å². The summed E-state index contributed by atoms with van der Waals surface area (Å²) in [5, 5.41) is 10.3. The second kappa shape index (κ2) is 6.86. The Kier molecular flexibility index (Phi) is 5.29. The highest BCUT2D eigenvalue weighted by molar-refractivity contribution is 7.89. The molecule has 5 nitrogen and oxygen atoms in total. The van der Waals surface area contributed by atoms with Crippen molar-refractivity contribution in [1.29, 1.82) is 0 Å². The monoisotopic (exact) mass is 337 g/mol. The second-order valence-electron chi connectivity index (χ2n) is 6.30. The van der Waals surface area contributed by atoms with Crippen molar-refractivity contribution in [3.8, 4) is 0 Å². The zero-order valence-electron chi connectivity index (χ0n) is 13.6. The first-order valence-electron chi connectivity index (χ1n) is 7.54. The summed E-state index contributed by atoms with van der Waals surface area (Å²) in [4.78, 5) is 0.190. The van der Waals surface area contributed by atoms with E-state index in [-0.39, 0.29) is 17.9 Å². The summed E-state index contributed by atoms with van der Waals surface area (Å²) >= 11 is 0. The zero-order chi connectivity index (χ0) is 17.1. The van der Waals surface area contributed by atoms with Crippen molar-refractivity contribution in [1.82, 2.24) is 4.72 Å². The lowest BCUT2D eigenvalue weighted by Gasteiger charge is -2.22. The molecule has 23 heavy (non-hydrogen) atoms. The minimum atomic E-state index is -3.66. The van der Waals surface area contributed by atoms with Crippen LogP contribution in [-0.4, -0.2) is 25.7 Å². The van der Waals surface area contributed by atoms with Crippen LogP contribution in [0.25, 0.3) is 0 Å². The normalized spacial score (nSPS) is 14.8. The molecule has 2 rings (SSSR count). The number of hydrogen-bond donors (Lipinski definition) is 2. The fourth-order valence-corrected chi connectivity index (χ4v) is 3.38. The summed E-state index contributed by atoms with van der Waals surface area (Å²) in [6.45, 7) is 5.57. The standard InChI is InChI=1S/C17H23NO4S/c1-13(2)14-6-8-16(9-7-14)23(20,21)18-12-17(3,19)11-15-5-4-10-22-15/h4-10,13,18-19H,11-12H2,1-3H3. The summed E-state index contributed by atoms with van der Waals surface area (Å²) in [6.07, 6.45) is 1.75. The maximum atomic E-state index is 12.3. The van der Waals surface area contributed by atoms with E-state index in [1.165, 1.54) is 6.26 Å². The molecule has 1 aromatic heterocycles. The van der Waals surface area contributed by atoms with Gasteiger partial charge in [-0.05, 0) is 42.7 Å². The number of aliphatic hydroxyl groups is 1. The highest BCUT2D eigenvalue weighted by Gasteiger charge is 2.25. The Hall–Kier alpha value is -1.63. The Morgan fingerprint density at radius 3 is 2.39 bits per heavy atom. The Balaban J connectivity index is 2.03. The maximum Gasteiger partial charge on any atom is 0.240 e. The Morgan fingerprint density at radius 2 is 1.87 bits per heavy atom. The van der Waals surface area contributed by atoms with Gasteiger partial charge in [0.1, 0.15) is 5.76 Å². The molecular weight excluding hydrogens is 314 g/mol. The van der Waals surface area contributed by atoms with E-state index in [1.54, 1.807) is 43.3 Å². The van der Waals surface area contributed by atoms with Gasteiger partial charge in [0, 0.05) is 13.0 Å². The van der Waals surface area contributed by atoms with E-state index in [0.29, 0.717) is 11.7 Å². The largest absolute Gasteiger partial charge is 0.469 e. The van der Waals surface area contributed by atoms with Crippen molar-refractivity contribution in [3.63, 3.8) is 0 Å². The van der Waals surface area contributed by atoms with Gasteiger partial charge in [-0.15, -0.1) is 0 Å². The summed E-state index contributed by atoms with van der Waals surface area (Å²) in [7, 11) is -3.66. The number of sulfonamides is 1. The van der Waals surface area contributed by atoms with Crippen LogP contribution < -0.4 is 4.72 Å². The predicted molar refractivity (Wildman–Crippen MR) is 88.8 cm³/mol. The van der Waals surface area contributed by atoms with Crippen LogP contribution in [0.5, 0.6) is 0 Å². The molecule has 0 aliphatic carbocycles. The molecule has 2 N–H and O–H groups in total.